The first kappa shape index (κ1) is 14.7. The Kier molecular flexibility index (Phi) is 3.53. The number of phenols is 1. The van der Waals surface area contributed by atoms with Gasteiger partial charge in [0.2, 0.25) is 0 Å². The van der Waals surface area contributed by atoms with E-state index in [4.69, 9.17) is 4.74 Å². The van der Waals surface area contributed by atoms with Gasteiger partial charge in [0.05, 0.1) is 22.5 Å². The van der Waals surface area contributed by atoms with Crippen LogP contribution in [0.5, 0.6) is 5.75 Å². The van der Waals surface area contributed by atoms with Crippen LogP contribution in [0.3, 0.4) is 0 Å². The zero-order chi connectivity index (χ0) is 16.6. The van der Waals surface area contributed by atoms with Crippen molar-refractivity contribution >= 4 is 17.4 Å². The monoisotopic (exact) mass is 313 g/mol. The normalized spacial score (nSPS) is 15.8. The second-order valence-corrected chi connectivity index (χ2v) is 5.07. The number of hydrogen-bond donors (Lipinski definition) is 1. The van der Waals surface area contributed by atoms with E-state index >= 15 is 0 Å². The molecule has 0 saturated carbocycles. The maximum atomic E-state index is 12.3. The highest BCUT2D eigenvalue weighted by atomic mass is 16.6. The first-order valence-corrected chi connectivity index (χ1v) is 6.78. The van der Waals surface area contributed by atoms with E-state index in [1.165, 1.54) is 0 Å². The number of nitro groups is 1. The van der Waals surface area contributed by atoms with Gasteiger partial charge in [-0.2, -0.15) is 0 Å². The molecular formula is C16H11NO6. The number of phenolic OH excluding ortho intramolecular Hbond substituents is 1. The first-order chi connectivity index (χ1) is 11.0. The van der Waals surface area contributed by atoms with Crippen LogP contribution in [0.1, 0.15) is 38.8 Å². The molecule has 0 amide bonds. The summed E-state index contributed by atoms with van der Waals surface area (Å²) >= 11 is 0. The number of non-ortho nitro benzene ring substituents is 1. The molecule has 0 spiro atoms. The topological polar surface area (TPSA) is 107 Å². The van der Waals surface area contributed by atoms with Gasteiger partial charge < -0.3 is 9.84 Å². The minimum Gasteiger partial charge on any atom is -0.507 e. The Morgan fingerprint density at radius 3 is 2.74 bits per heavy atom. The number of ketones is 1. The molecule has 116 valence electrons. The SMILES string of the molecule is O=C(C[C@H]1OC(=O)c2ccccc21)c1cc([N+](=O)[O-])ccc1O. The molecule has 0 fully saturated rings. The third-order valence-corrected chi connectivity index (χ3v) is 3.64. The highest BCUT2D eigenvalue weighted by Crippen LogP contribution is 2.35. The minimum atomic E-state index is -0.759. The Morgan fingerprint density at radius 2 is 2.00 bits per heavy atom. The van der Waals surface area contributed by atoms with Crippen LogP contribution in [0, 0.1) is 10.1 Å². The molecule has 0 aliphatic carbocycles. The van der Waals surface area contributed by atoms with Crippen molar-refractivity contribution in [2.75, 3.05) is 0 Å². The summed E-state index contributed by atoms with van der Waals surface area (Å²) in [4.78, 5) is 34.2. The molecule has 0 aromatic heterocycles. The largest absolute Gasteiger partial charge is 0.507 e. The molecule has 7 nitrogen and oxygen atoms in total. The number of rotatable bonds is 4. The number of nitrogens with zero attached hydrogens (tertiary/aromatic N) is 1. The number of carbonyl (C=O) groups is 2. The van der Waals surface area contributed by atoms with Crippen LogP contribution in [-0.2, 0) is 4.74 Å². The molecule has 3 rings (SSSR count). The lowest BCUT2D eigenvalue weighted by atomic mass is 9.98. The highest BCUT2D eigenvalue weighted by molar-refractivity contribution is 6.01. The fraction of sp³-hybridized carbons (Fsp3) is 0.125. The number of Topliss-reactive ketones (excluding diaryl/α,β-unsaturated/α-hetero) is 1. The van der Waals surface area contributed by atoms with E-state index in [2.05, 4.69) is 0 Å². The lowest BCUT2D eigenvalue weighted by molar-refractivity contribution is -0.384. The number of aromatic hydroxyl groups is 1. The molecule has 1 aliphatic heterocycles. The van der Waals surface area contributed by atoms with E-state index in [0.717, 1.165) is 18.2 Å². The van der Waals surface area contributed by atoms with Crippen molar-refractivity contribution in [1.82, 2.24) is 0 Å². The summed E-state index contributed by atoms with van der Waals surface area (Å²) in [5, 5.41) is 20.5. The summed E-state index contributed by atoms with van der Waals surface area (Å²) in [5.74, 6) is -1.40. The number of ether oxygens (including phenoxy) is 1. The van der Waals surface area contributed by atoms with E-state index in [1.54, 1.807) is 24.3 Å². The number of hydrogen-bond acceptors (Lipinski definition) is 6. The van der Waals surface area contributed by atoms with Crippen LogP contribution in [0.15, 0.2) is 42.5 Å². The van der Waals surface area contributed by atoms with E-state index in [1.807, 2.05) is 0 Å². The zero-order valence-corrected chi connectivity index (χ0v) is 11.8. The average Bonchev–Trinajstić information content (AvgIpc) is 2.84. The third-order valence-electron chi connectivity index (χ3n) is 3.64. The fourth-order valence-electron chi connectivity index (χ4n) is 2.51. The van der Waals surface area contributed by atoms with Gasteiger partial charge in [-0.1, -0.05) is 18.2 Å². The van der Waals surface area contributed by atoms with Gasteiger partial charge in [-0.15, -0.1) is 0 Å². The molecular weight excluding hydrogens is 302 g/mol. The summed E-state index contributed by atoms with van der Waals surface area (Å²) in [6, 6.07) is 9.93. The van der Waals surface area contributed by atoms with E-state index in [0.29, 0.717) is 11.1 Å². The molecule has 0 unspecified atom stereocenters. The van der Waals surface area contributed by atoms with E-state index in [9.17, 15) is 24.8 Å². The van der Waals surface area contributed by atoms with Crippen molar-refractivity contribution in [3.05, 3.63) is 69.3 Å². The third kappa shape index (κ3) is 2.64. The lowest BCUT2D eigenvalue weighted by Gasteiger charge is -2.10. The standard InChI is InChI=1S/C16H11NO6/c18-13-6-5-9(17(21)22)7-12(13)14(19)8-15-10-3-1-2-4-11(10)16(20)23-15/h1-7,15,18H,8H2/t15-/m1/s1. The Labute approximate surface area is 130 Å². The molecule has 1 aliphatic rings. The summed E-state index contributed by atoms with van der Waals surface area (Å²) < 4.78 is 5.17. The molecule has 23 heavy (non-hydrogen) atoms. The van der Waals surface area contributed by atoms with Gasteiger partial charge in [0, 0.05) is 17.7 Å². The first-order valence-electron chi connectivity index (χ1n) is 6.78. The predicted octanol–water partition coefficient (Wildman–Crippen LogP) is 2.78. The number of benzene rings is 2. The van der Waals surface area contributed by atoms with Crippen LogP contribution in [0.2, 0.25) is 0 Å². The molecule has 1 atom stereocenters. The molecule has 2 aromatic rings. The number of nitro benzene ring substituents is 1. The van der Waals surface area contributed by atoms with Crippen molar-refractivity contribution < 1.29 is 24.4 Å². The quantitative estimate of drug-likeness (QED) is 0.402. The smallest absolute Gasteiger partial charge is 0.339 e. The second kappa shape index (κ2) is 5.53. The maximum Gasteiger partial charge on any atom is 0.339 e. The van der Waals surface area contributed by atoms with Crippen LogP contribution in [-0.4, -0.2) is 21.8 Å². The van der Waals surface area contributed by atoms with Crippen molar-refractivity contribution in [3.8, 4) is 5.75 Å². The van der Waals surface area contributed by atoms with E-state index in [-0.39, 0.29) is 23.4 Å². The van der Waals surface area contributed by atoms with Crippen molar-refractivity contribution in [2.24, 2.45) is 0 Å². The molecule has 0 radical (unpaired) electrons. The number of cyclic esters (lactones) is 1. The van der Waals surface area contributed by atoms with Crippen molar-refractivity contribution in [3.63, 3.8) is 0 Å². The molecule has 0 saturated heterocycles. The Balaban J connectivity index is 1.88. The van der Waals surface area contributed by atoms with Crippen LogP contribution in [0.25, 0.3) is 0 Å². The fourth-order valence-corrected chi connectivity index (χ4v) is 2.51. The van der Waals surface area contributed by atoms with Gasteiger partial charge in [0.1, 0.15) is 11.9 Å². The lowest BCUT2D eigenvalue weighted by Crippen LogP contribution is -2.08. The molecule has 2 aromatic carbocycles. The minimum absolute atomic E-state index is 0.167. The van der Waals surface area contributed by atoms with Crippen molar-refractivity contribution in [1.29, 1.82) is 0 Å². The molecule has 0 bridgehead atoms. The Bertz CT molecular complexity index is 829. The molecule has 7 heteroatoms. The zero-order valence-electron chi connectivity index (χ0n) is 11.8. The Hall–Kier alpha value is -3.22. The highest BCUT2D eigenvalue weighted by Gasteiger charge is 2.33. The maximum absolute atomic E-state index is 12.3. The number of fused-ring (bicyclic) bond motifs is 1. The molecule has 1 N–H and O–H groups in total. The van der Waals surface area contributed by atoms with Gasteiger partial charge in [-0.3, -0.25) is 14.9 Å². The van der Waals surface area contributed by atoms with Crippen LogP contribution >= 0.6 is 0 Å². The van der Waals surface area contributed by atoms with E-state index < -0.39 is 22.8 Å². The average molecular weight is 313 g/mol. The van der Waals surface area contributed by atoms with Gasteiger partial charge in [-0.25, -0.2) is 4.79 Å². The van der Waals surface area contributed by atoms with Gasteiger partial charge in [0.25, 0.3) is 5.69 Å². The van der Waals surface area contributed by atoms with Gasteiger partial charge in [0.15, 0.2) is 5.78 Å². The Morgan fingerprint density at radius 1 is 1.26 bits per heavy atom. The molecule has 1 heterocycles. The van der Waals surface area contributed by atoms with Crippen LogP contribution < -0.4 is 0 Å². The predicted molar refractivity (Wildman–Crippen MR) is 78.3 cm³/mol. The second-order valence-electron chi connectivity index (χ2n) is 5.07. The summed E-state index contributed by atoms with van der Waals surface area (Å²) in [7, 11) is 0. The number of carbonyl (C=O) groups excluding carboxylic acids is 2. The van der Waals surface area contributed by atoms with Gasteiger partial charge in [-0.05, 0) is 12.1 Å². The summed E-state index contributed by atoms with van der Waals surface area (Å²) in [5.41, 5.74) is 0.527. The summed E-state index contributed by atoms with van der Waals surface area (Å²) in [6.45, 7) is 0. The summed E-state index contributed by atoms with van der Waals surface area (Å²) in [6.07, 6.45) is -0.956. The van der Waals surface area contributed by atoms with Gasteiger partial charge >= 0.3 is 5.97 Å². The van der Waals surface area contributed by atoms with Crippen LogP contribution in [0.4, 0.5) is 5.69 Å². The van der Waals surface area contributed by atoms with Crippen molar-refractivity contribution in [2.45, 2.75) is 12.5 Å². The number of esters is 1.